The molecule has 0 unspecified atom stereocenters. The van der Waals surface area contributed by atoms with Crippen molar-refractivity contribution in [3.8, 4) is 0 Å². The Hall–Kier alpha value is -3.68. The topological polar surface area (TPSA) is 106 Å². The molecule has 0 spiro atoms. The average Bonchev–Trinajstić information content (AvgIpc) is 3.20. The van der Waals surface area contributed by atoms with Crippen molar-refractivity contribution in [1.82, 2.24) is 9.97 Å². The highest BCUT2D eigenvalue weighted by atomic mass is 16.5. The third-order valence-corrected chi connectivity index (χ3v) is 3.48. The number of ether oxygens (including phenoxy) is 1. The smallest absolute Gasteiger partial charge is 0.337 e. The molecule has 26 heavy (non-hydrogen) atoms. The van der Waals surface area contributed by atoms with Crippen LogP contribution in [0.1, 0.15) is 26.5 Å². The van der Waals surface area contributed by atoms with E-state index in [-0.39, 0.29) is 5.91 Å². The van der Waals surface area contributed by atoms with Crippen molar-refractivity contribution in [3.05, 3.63) is 71.9 Å². The molecule has 0 saturated heterocycles. The Morgan fingerprint density at radius 3 is 2.42 bits per heavy atom. The normalized spacial score (nSPS) is 10.2. The number of carbonyl (C=O) groups excluding carboxylic acids is 2. The van der Waals surface area contributed by atoms with E-state index in [1.807, 2.05) is 6.07 Å². The standard InChI is InChI=1S/C18H16N4O4/c1-25-17(24)12-4-6-14(7-5-12)22-16(23)13-9-19-18(20-10-13)21-11-15-3-2-8-26-15/h2-10H,11H2,1H3,(H,22,23)(H,19,20,21). The summed E-state index contributed by atoms with van der Waals surface area (Å²) in [6.07, 6.45) is 4.44. The number of rotatable bonds is 6. The van der Waals surface area contributed by atoms with E-state index in [1.54, 1.807) is 36.6 Å². The van der Waals surface area contributed by atoms with Crippen LogP contribution in [0.15, 0.2) is 59.5 Å². The first kappa shape index (κ1) is 17.2. The number of furan rings is 1. The lowest BCUT2D eigenvalue weighted by molar-refractivity contribution is 0.0600. The number of hydrogen-bond acceptors (Lipinski definition) is 7. The molecule has 8 heteroatoms. The highest BCUT2D eigenvalue weighted by molar-refractivity contribution is 6.04. The minimum Gasteiger partial charge on any atom is -0.467 e. The third kappa shape index (κ3) is 4.23. The predicted octanol–water partition coefficient (Wildman–Crippen LogP) is 2.72. The minimum absolute atomic E-state index is 0.311. The summed E-state index contributed by atoms with van der Waals surface area (Å²) in [6.45, 7) is 0.449. The van der Waals surface area contributed by atoms with Gasteiger partial charge in [-0.25, -0.2) is 14.8 Å². The lowest BCUT2D eigenvalue weighted by atomic mass is 10.2. The van der Waals surface area contributed by atoms with E-state index in [4.69, 9.17) is 4.42 Å². The Labute approximate surface area is 149 Å². The molecule has 1 amide bonds. The van der Waals surface area contributed by atoms with Crippen molar-refractivity contribution in [3.63, 3.8) is 0 Å². The zero-order valence-electron chi connectivity index (χ0n) is 13.9. The summed E-state index contributed by atoms with van der Waals surface area (Å²) in [5.74, 6) is 0.355. The number of amides is 1. The van der Waals surface area contributed by atoms with Crippen LogP contribution in [0.25, 0.3) is 0 Å². The van der Waals surface area contributed by atoms with Crippen LogP contribution in [0.2, 0.25) is 0 Å². The average molecular weight is 352 g/mol. The van der Waals surface area contributed by atoms with E-state index < -0.39 is 5.97 Å². The Morgan fingerprint density at radius 2 is 1.81 bits per heavy atom. The van der Waals surface area contributed by atoms with Crippen LogP contribution in [-0.4, -0.2) is 29.0 Å². The van der Waals surface area contributed by atoms with Gasteiger partial charge >= 0.3 is 5.97 Å². The van der Waals surface area contributed by atoms with E-state index in [2.05, 4.69) is 25.3 Å². The second-order valence-corrected chi connectivity index (χ2v) is 5.25. The fourth-order valence-corrected chi connectivity index (χ4v) is 2.13. The molecule has 3 aromatic rings. The molecule has 0 radical (unpaired) electrons. The van der Waals surface area contributed by atoms with E-state index in [0.29, 0.717) is 29.3 Å². The maximum Gasteiger partial charge on any atom is 0.337 e. The molecule has 0 bridgehead atoms. The van der Waals surface area contributed by atoms with E-state index >= 15 is 0 Å². The van der Waals surface area contributed by atoms with Gasteiger partial charge in [-0.05, 0) is 36.4 Å². The molecule has 8 nitrogen and oxygen atoms in total. The van der Waals surface area contributed by atoms with Gasteiger partial charge in [-0.2, -0.15) is 0 Å². The van der Waals surface area contributed by atoms with Gasteiger partial charge < -0.3 is 19.8 Å². The fraction of sp³-hybridized carbons (Fsp3) is 0.111. The van der Waals surface area contributed by atoms with Crippen molar-refractivity contribution in [1.29, 1.82) is 0 Å². The van der Waals surface area contributed by atoms with Crippen molar-refractivity contribution in [2.45, 2.75) is 6.54 Å². The molecular weight excluding hydrogens is 336 g/mol. The Morgan fingerprint density at radius 1 is 1.08 bits per heavy atom. The molecule has 2 aromatic heterocycles. The number of nitrogens with zero attached hydrogens (tertiary/aromatic N) is 2. The predicted molar refractivity (Wildman–Crippen MR) is 93.8 cm³/mol. The van der Waals surface area contributed by atoms with Crippen LogP contribution in [0.3, 0.4) is 0 Å². The Balaban J connectivity index is 1.58. The largest absolute Gasteiger partial charge is 0.467 e. The number of benzene rings is 1. The monoisotopic (exact) mass is 352 g/mol. The van der Waals surface area contributed by atoms with Gasteiger partial charge in [0.15, 0.2) is 0 Å². The molecule has 2 N–H and O–H groups in total. The van der Waals surface area contributed by atoms with Crippen molar-refractivity contribution < 1.29 is 18.7 Å². The Bertz CT molecular complexity index is 875. The van der Waals surface area contributed by atoms with E-state index in [1.165, 1.54) is 19.5 Å². The quantitative estimate of drug-likeness (QED) is 0.657. The molecule has 0 fully saturated rings. The van der Waals surface area contributed by atoms with E-state index in [0.717, 1.165) is 5.76 Å². The van der Waals surface area contributed by atoms with Crippen LogP contribution in [0, 0.1) is 0 Å². The summed E-state index contributed by atoms with van der Waals surface area (Å²) >= 11 is 0. The molecule has 1 aromatic carbocycles. The first-order valence-electron chi connectivity index (χ1n) is 7.74. The highest BCUT2D eigenvalue weighted by Crippen LogP contribution is 2.12. The third-order valence-electron chi connectivity index (χ3n) is 3.48. The lowest BCUT2D eigenvalue weighted by Crippen LogP contribution is -2.13. The van der Waals surface area contributed by atoms with E-state index in [9.17, 15) is 9.59 Å². The maximum atomic E-state index is 12.2. The molecule has 0 aliphatic carbocycles. The van der Waals surface area contributed by atoms with Gasteiger partial charge in [0.25, 0.3) is 5.91 Å². The van der Waals surface area contributed by atoms with Gasteiger partial charge in [0.1, 0.15) is 5.76 Å². The van der Waals surface area contributed by atoms with Crippen molar-refractivity contribution in [2.75, 3.05) is 17.7 Å². The number of nitrogens with one attached hydrogen (secondary N) is 2. The second kappa shape index (κ2) is 7.93. The summed E-state index contributed by atoms with van der Waals surface area (Å²) in [5.41, 5.74) is 1.26. The van der Waals surface area contributed by atoms with Gasteiger partial charge in [0.2, 0.25) is 5.95 Å². The molecule has 3 rings (SSSR count). The number of hydrogen-bond donors (Lipinski definition) is 2. The van der Waals surface area contributed by atoms with Crippen molar-refractivity contribution in [2.24, 2.45) is 0 Å². The molecule has 132 valence electrons. The van der Waals surface area contributed by atoms with Crippen LogP contribution in [0.4, 0.5) is 11.6 Å². The lowest BCUT2D eigenvalue weighted by Gasteiger charge is -2.07. The minimum atomic E-state index is -0.436. The van der Waals surface area contributed by atoms with Gasteiger partial charge in [0.05, 0.1) is 31.0 Å². The molecule has 2 heterocycles. The van der Waals surface area contributed by atoms with Gasteiger partial charge in [-0.3, -0.25) is 4.79 Å². The molecule has 0 atom stereocenters. The summed E-state index contributed by atoms with van der Waals surface area (Å²) < 4.78 is 9.83. The number of carbonyl (C=O) groups is 2. The molecule has 0 aliphatic heterocycles. The first-order chi connectivity index (χ1) is 12.7. The highest BCUT2D eigenvalue weighted by Gasteiger charge is 2.09. The number of methoxy groups -OCH3 is 1. The molecule has 0 saturated carbocycles. The zero-order valence-corrected chi connectivity index (χ0v) is 13.9. The second-order valence-electron chi connectivity index (χ2n) is 5.25. The van der Waals surface area contributed by atoms with Crippen molar-refractivity contribution >= 4 is 23.5 Å². The number of anilines is 2. The number of esters is 1. The number of aromatic nitrogens is 2. The van der Waals surface area contributed by atoms with Crippen LogP contribution < -0.4 is 10.6 Å². The summed E-state index contributed by atoms with van der Waals surface area (Å²) in [7, 11) is 1.31. The SMILES string of the molecule is COC(=O)c1ccc(NC(=O)c2cnc(NCc3ccco3)nc2)cc1. The van der Waals surface area contributed by atoms with Crippen LogP contribution in [-0.2, 0) is 11.3 Å². The molecular formula is C18H16N4O4. The van der Waals surface area contributed by atoms with Crippen LogP contribution in [0.5, 0.6) is 0 Å². The maximum absolute atomic E-state index is 12.2. The zero-order chi connectivity index (χ0) is 18.4. The first-order valence-corrected chi connectivity index (χ1v) is 7.74. The van der Waals surface area contributed by atoms with Gasteiger partial charge in [-0.1, -0.05) is 0 Å². The molecule has 0 aliphatic rings. The van der Waals surface area contributed by atoms with Gasteiger partial charge in [-0.15, -0.1) is 0 Å². The summed E-state index contributed by atoms with van der Waals surface area (Å²) in [5, 5.41) is 5.70. The summed E-state index contributed by atoms with van der Waals surface area (Å²) in [4.78, 5) is 31.8. The van der Waals surface area contributed by atoms with Gasteiger partial charge in [0, 0.05) is 18.1 Å². The Kier molecular flexibility index (Phi) is 5.23. The fourth-order valence-electron chi connectivity index (χ4n) is 2.13. The summed E-state index contributed by atoms with van der Waals surface area (Å²) in [6, 6.07) is 10.00. The van der Waals surface area contributed by atoms with Crippen LogP contribution >= 0.6 is 0 Å².